The van der Waals surface area contributed by atoms with Crippen molar-refractivity contribution >= 4 is 31.8 Å². The Morgan fingerprint density at radius 2 is 1.86 bits per heavy atom. The van der Waals surface area contributed by atoms with Gasteiger partial charge in [0.1, 0.15) is 21.0 Å². The van der Waals surface area contributed by atoms with Crippen molar-refractivity contribution in [2.45, 2.75) is 45.6 Å². The van der Waals surface area contributed by atoms with E-state index in [9.17, 15) is 4.79 Å². The Morgan fingerprint density at radius 1 is 1.07 bits per heavy atom. The van der Waals surface area contributed by atoms with Crippen molar-refractivity contribution < 1.29 is 28.4 Å². The third-order valence-corrected chi connectivity index (χ3v) is 8.52. The van der Waals surface area contributed by atoms with Gasteiger partial charge in [-0.05, 0) is 31.5 Å². The highest BCUT2D eigenvalue weighted by molar-refractivity contribution is 7.25. The van der Waals surface area contributed by atoms with Crippen LogP contribution in [0.25, 0.3) is 20.4 Å². The Labute approximate surface area is 255 Å². The average molecular weight is 613 g/mol. The Hall–Kier alpha value is -3.13. The van der Waals surface area contributed by atoms with Crippen LogP contribution >= 0.6 is 11.3 Å². The molecule has 1 aromatic carbocycles. The van der Waals surface area contributed by atoms with Crippen molar-refractivity contribution in [3.05, 3.63) is 57.3 Å². The number of benzene rings is 1. The summed E-state index contributed by atoms with van der Waals surface area (Å²) in [5.74, 6) is 1.34. The number of rotatable bonds is 15. The highest BCUT2D eigenvalue weighted by atomic mass is 32.1. The molecule has 0 saturated carbocycles. The maximum Gasteiger partial charge on any atom is 0.271 e. The Balaban J connectivity index is 1.41. The van der Waals surface area contributed by atoms with Gasteiger partial charge in [-0.2, -0.15) is 0 Å². The van der Waals surface area contributed by atoms with Gasteiger partial charge >= 0.3 is 0 Å². The van der Waals surface area contributed by atoms with Gasteiger partial charge in [0.15, 0.2) is 0 Å². The van der Waals surface area contributed by atoms with Gasteiger partial charge in [0.2, 0.25) is 0 Å². The molecule has 0 unspecified atom stereocenters. The van der Waals surface area contributed by atoms with Crippen LogP contribution in [0.4, 0.5) is 0 Å². The minimum Gasteiger partial charge on any atom is -0.497 e. The lowest BCUT2D eigenvalue weighted by atomic mass is 9.92. The van der Waals surface area contributed by atoms with E-state index in [4.69, 9.17) is 38.4 Å². The van der Waals surface area contributed by atoms with Gasteiger partial charge in [-0.15, -0.1) is 11.3 Å². The third kappa shape index (κ3) is 7.17. The average Bonchev–Trinajstić information content (AvgIpc) is 3.37. The smallest absolute Gasteiger partial charge is 0.271 e. The van der Waals surface area contributed by atoms with E-state index in [-0.39, 0.29) is 11.2 Å². The third-order valence-electron chi connectivity index (χ3n) is 7.46. The zero-order chi connectivity index (χ0) is 30.4. The lowest BCUT2D eigenvalue weighted by Gasteiger charge is -2.32. The standard InChI is InChI=1S/C31H40N4O7S/c1-31(2)15-24-23(18-42-31)22(16-32-8-9-40-12-13-41-11-10-37-3)26-27-28(43-29(26)34-24)30(36)35(19-33-27)17-20-6-7-21(38-4)14-25(20)39-5/h6-7,14,19,32H,8-13,15-18H2,1-5H3. The molecule has 4 aromatic rings. The largest absolute Gasteiger partial charge is 0.497 e. The molecule has 1 aliphatic rings. The van der Waals surface area contributed by atoms with Gasteiger partial charge < -0.3 is 33.7 Å². The van der Waals surface area contributed by atoms with Gasteiger partial charge in [-0.25, -0.2) is 9.97 Å². The molecule has 0 bridgehead atoms. The van der Waals surface area contributed by atoms with Gasteiger partial charge in [-0.3, -0.25) is 9.36 Å². The Kier molecular flexibility index (Phi) is 10.3. The van der Waals surface area contributed by atoms with Crippen LogP contribution in [0, 0.1) is 0 Å². The van der Waals surface area contributed by atoms with Crippen LogP contribution in [0.2, 0.25) is 0 Å². The SMILES string of the molecule is COCCOCCOCCNCc1c2c(nc3sc4c(=O)n(Cc5ccc(OC)cc5OC)cnc4c13)CC(C)(C)OC2. The number of methoxy groups -OCH3 is 3. The predicted octanol–water partition coefficient (Wildman–Crippen LogP) is 3.69. The van der Waals surface area contributed by atoms with Gasteiger partial charge in [0, 0.05) is 49.2 Å². The van der Waals surface area contributed by atoms with Crippen molar-refractivity contribution in [2.75, 3.05) is 60.9 Å². The Morgan fingerprint density at radius 3 is 2.63 bits per heavy atom. The molecule has 1 aliphatic heterocycles. The number of hydrogen-bond donors (Lipinski definition) is 1. The summed E-state index contributed by atoms with van der Waals surface area (Å²) in [6, 6.07) is 5.57. The molecule has 232 valence electrons. The fourth-order valence-electron chi connectivity index (χ4n) is 5.19. The summed E-state index contributed by atoms with van der Waals surface area (Å²) in [6.07, 6.45) is 2.31. The number of ether oxygens (including phenoxy) is 6. The number of pyridine rings is 1. The fraction of sp³-hybridized carbons (Fsp3) is 0.516. The molecule has 0 saturated heterocycles. The van der Waals surface area contributed by atoms with Crippen LogP contribution in [-0.4, -0.2) is 81.0 Å². The van der Waals surface area contributed by atoms with E-state index in [0.29, 0.717) is 87.4 Å². The molecule has 0 aliphatic carbocycles. The first kappa shape index (κ1) is 31.3. The van der Waals surface area contributed by atoms with Crippen LogP contribution in [0.5, 0.6) is 11.5 Å². The van der Waals surface area contributed by atoms with Crippen LogP contribution in [0.3, 0.4) is 0 Å². The van der Waals surface area contributed by atoms with Crippen molar-refractivity contribution in [1.82, 2.24) is 19.9 Å². The van der Waals surface area contributed by atoms with Crippen molar-refractivity contribution in [1.29, 1.82) is 0 Å². The molecule has 4 heterocycles. The molecule has 0 amide bonds. The van der Waals surface area contributed by atoms with E-state index in [1.165, 1.54) is 11.3 Å². The number of aromatic nitrogens is 3. The number of fused-ring (bicyclic) bond motifs is 4. The van der Waals surface area contributed by atoms with Crippen LogP contribution in [0.1, 0.15) is 36.2 Å². The number of nitrogens with zero attached hydrogens (tertiary/aromatic N) is 3. The normalized spacial score (nSPS) is 14.3. The molecule has 11 nitrogen and oxygen atoms in total. The Bertz CT molecular complexity index is 1620. The van der Waals surface area contributed by atoms with E-state index in [2.05, 4.69) is 19.2 Å². The van der Waals surface area contributed by atoms with E-state index >= 15 is 0 Å². The quantitative estimate of drug-likeness (QED) is 0.199. The molecular weight excluding hydrogens is 572 g/mol. The van der Waals surface area contributed by atoms with Crippen molar-refractivity contribution in [2.24, 2.45) is 0 Å². The van der Waals surface area contributed by atoms with E-state index < -0.39 is 0 Å². The van der Waals surface area contributed by atoms with Crippen LogP contribution < -0.4 is 20.3 Å². The molecule has 5 rings (SSSR count). The highest BCUT2D eigenvalue weighted by Gasteiger charge is 2.31. The first-order valence-electron chi connectivity index (χ1n) is 14.4. The number of thiophene rings is 1. The summed E-state index contributed by atoms with van der Waals surface area (Å²) in [5.41, 5.74) is 4.27. The van der Waals surface area contributed by atoms with Gasteiger partial charge in [-0.1, -0.05) is 0 Å². The summed E-state index contributed by atoms with van der Waals surface area (Å²) in [6.45, 7) is 8.92. The molecule has 0 spiro atoms. The second-order valence-corrected chi connectivity index (χ2v) is 11.9. The lowest BCUT2D eigenvalue weighted by Crippen LogP contribution is -2.33. The van der Waals surface area contributed by atoms with Crippen LogP contribution in [-0.2, 0) is 45.1 Å². The lowest BCUT2D eigenvalue weighted by molar-refractivity contribution is -0.0415. The van der Waals surface area contributed by atoms with E-state index in [0.717, 1.165) is 32.6 Å². The minimum absolute atomic E-state index is 0.111. The predicted molar refractivity (Wildman–Crippen MR) is 166 cm³/mol. The molecule has 12 heteroatoms. The zero-order valence-corrected chi connectivity index (χ0v) is 26.3. The molecular formula is C31H40N4O7S. The maximum atomic E-state index is 13.8. The molecule has 1 N–H and O–H groups in total. The first-order valence-corrected chi connectivity index (χ1v) is 15.2. The number of nitrogens with one attached hydrogen (secondary N) is 1. The maximum absolute atomic E-state index is 13.8. The monoisotopic (exact) mass is 612 g/mol. The molecule has 0 fully saturated rings. The summed E-state index contributed by atoms with van der Waals surface area (Å²) in [4.78, 5) is 24.4. The fourth-order valence-corrected chi connectivity index (χ4v) is 6.32. The van der Waals surface area contributed by atoms with Crippen molar-refractivity contribution in [3.8, 4) is 11.5 Å². The molecule has 3 aromatic heterocycles. The summed E-state index contributed by atoms with van der Waals surface area (Å²) in [7, 11) is 4.86. The molecule has 43 heavy (non-hydrogen) atoms. The molecule has 0 atom stereocenters. The summed E-state index contributed by atoms with van der Waals surface area (Å²) >= 11 is 1.40. The molecule has 0 radical (unpaired) electrons. The second-order valence-electron chi connectivity index (χ2n) is 11.0. The minimum atomic E-state index is -0.309. The van der Waals surface area contributed by atoms with Crippen molar-refractivity contribution in [3.63, 3.8) is 0 Å². The zero-order valence-electron chi connectivity index (χ0n) is 25.5. The topological polar surface area (TPSA) is 115 Å². The van der Waals surface area contributed by atoms with E-state index in [1.807, 2.05) is 18.2 Å². The van der Waals surface area contributed by atoms with Gasteiger partial charge in [0.25, 0.3) is 5.56 Å². The first-order chi connectivity index (χ1) is 20.8. The summed E-state index contributed by atoms with van der Waals surface area (Å²) < 4.78 is 35.4. The van der Waals surface area contributed by atoms with Crippen LogP contribution in [0.15, 0.2) is 29.3 Å². The van der Waals surface area contributed by atoms with E-state index in [1.54, 1.807) is 32.2 Å². The van der Waals surface area contributed by atoms with Gasteiger partial charge in [0.05, 0.1) is 83.5 Å². The summed E-state index contributed by atoms with van der Waals surface area (Å²) in [5, 5.41) is 4.42. The number of hydrogen-bond acceptors (Lipinski definition) is 11. The highest BCUT2D eigenvalue weighted by Crippen LogP contribution is 2.38. The second kappa shape index (κ2) is 14.1.